The highest BCUT2D eigenvalue weighted by atomic mass is 16.1. The average molecular weight is 270 g/mol. The molecule has 0 aliphatic carbocycles. The molecule has 0 saturated heterocycles. The normalized spacial score (nSPS) is 13.4. The zero-order valence-corrected chi connectivity index (χ0v) is 11.7. The molecule has 4 nitrogen and oxygen atoms in total. The first-order valence-corrected chi connectivity index (χ1v) is 6.55. The lowest BCUT2D eigenvalue weighted by atomic mass is 10.0. The number of carbonyl (C=O) groups excluding carboxylic acids is 2. The van der Waals surface area contributed by atoms with Gasteiger partial charge in [-0.25, -0.2) is 0 Å². The summed E-state index contributed by atoms with van der Waals surface area (Å²) in [5.41, 5.74) is 2.04. The SMILES string of the molecule is CC(=O)c1ccc(C(=O)NCN2C=CC=CC2)c(C)c1. The second kappa shape index (κ2) is 6.19. The minimum Gasteiger partial charge on any atom is -0.356 e. The van der Waals surface area contributed by atoms with Crippen LogP contribution in [0.15, 0.2) is 42.6 Å². The molecule has 2 rings (SSSR count). The van der Waals surface area contributed by atoms with Gasteiger partial charge >= 0.3 is 0 Å². The maximum absolute atomic E-state index is 12.1. The second-order valence-electron chi connectivity index (χ2n) is 4.79. The van der Waals surface area contributed by atoms with E-state index in [1.807, 2.05) is 36.3 Å². The van der Waals surface area contributed by atoms with Gasteiger partial charge in [0.25, 0.3) is 5.91 Å². The number of rotatable bonds is 4. The fourth-order valence-electron chi connectivity index (χ4n) is 2.03. The number of carbonyl (C=O) groups is 2. The smallest absolute Gasteiger partial charge is 0.252 e. The van der Waals surface area contributed by atoms with Crippen molar-refractivity contribution in [1.82, 2.24) is 10.2 Å². The van der Waals surface area contributed by atoms with Crippen LogP contribution in [0.3, 0.4) is 0 Å². The van der Waals surface area contributed by atoms with Crippen LogP contribution in [0.5, 0.6) is 0 Å². The number of ketones is 1. The summed E-state index contributed by atoms with van der Waals surface area (Å²) in [5, 5.41) is 2.88. The van der Waals surface area contributed by atoms with Gasteiger partial charge in [0, 0.05) is 23.9 Å². The Balaban J connectivity index is 2.00. The van der Waals surface area contributed by atoms with E-state index in [2.05, 4.69) is 5.32 Å². The molecule has 0 atom stereocenters. The summed E-state index contributed by atoms with van der Waals surface area (Å²) in [7, 11) is 0. The fourth-order valence-corrected chi connectivity index (χ4v) is 2.03. The van der Waals surface area contributed by atoms with Crippen molar-refractivity contribution in [3.05, 3.63) is 59.3 Å². The van der Waals surface area contributed by atoms with E-state index in [1.165, 1.54) is 6.92 Å². The predicted molar refractivity (Wildman–Crippen MR) is 78.5 cm³/mol. The van der Waals surface area contributed by atoms with Crippen LogP contribution >= 0.6 is 0 Å². The molecule has 0 unspecified atom stereocenters. The number of nitrogens with one attached hydrogen (secondary N) is 1. The van der Waals surface area contributed by atoms with Crippen LogP contribution in [0.2, 0.25) is 0 Å². The number of amides is 1. The van der Waals surface area contributed by atoms with E-state index in [1.54, 1.807) is 18.2 Å². The zero-order chi connectivity index (χ0) is 14.5. The molecule has 20 heavy (non-hydrogen) atoms. The molecule has 1 N–H and O–H groups in total. The molecule has 0 saturated carbocycles. The standard InChI is InChI=1S/C16H18N2O2/c1-12-10-14(13(2)19)6-7-15(12)16(20)17-11-18-8-4-3-5-9-18/h3-8,10H,9,11H2,1-2H3,(H,17,20). The van der Waals surface area contributed by atoms with Gasteiger partial charge in [0.1, 0.15) is 0 Å². The first-order chi connectivity index (χ1) is 9.58. The van der Waals surface area contributed by atoms with E-state index in [0.717, 1.165) is 12.1 Å². The molecule has 1 amide bonds. The van der Waals surface area contributed by atoms with Crippen LogP contribution in [0, 0.1) is 6.92 Å². The monoisotopic (exact) mass is 270 g/mol. The lowest BCUT2D eigenvalue weighted by Gasteiger charge is -2.21. The van der Waals surface area contributed by atoms with Gasteiger partial charge in [0.2, 0.25) is 0 Å². The minimum atomic E-state index is -0.124. The van der Waals surface area contributed by atoms with Crippen molar-refractivity contribution in [3.63, 3.8) is 0 Å². The topological polar surface area (TPSA) is 49.4 Å². The summed E-state index contributed by atoms with van der Waals surface area (Å²) >= 11 is 0. The Hall–Kier alpha value is -2.36. The Morgan fingerprint density at radius 2 is 2.10 bits per heavy atom. The van der Waals surface area contributed by atoms with Crippen molar-refractivity contribution < 1.29 is 9.59 Å². The molecule has 1 aromatic rings. The highest BCUT2D eigenvalue weighted by molar-refractivity contribution is 5.98. The highest BCUT2D eigenvalue weighted by Crippen LogP contribution is 2.12. The van der Waals surface area contributed by atoms with Crippen LogP contribution in [0.1, 0.15) is 33.2 Å². The molecular weight excluding hydrogens is 252 g/mol. The molecule has 0 bridgehead atoms. The largest absolute Gasteiger partial charge is 0.356 e. The summed E-state index contributed by atoms with van der Waals surface area (Å²) in [5.74, 6) is -0.120. The van der Waals surface area contributed by atoms with E-state index >= 15 is 0 Å². The third-order valence-electron chi connectivity index (χ3n) is 3.20. The van der Waals surface area contributed by atoms with Crippen molar-refractivity contribution in [2.45, 2.75) is 13.8 Å². The number of benzene rings is 1. The van der Waals surface area contributed by atoms with Gasteiger partial charge < -0.3 is 10.2 Å². The molecule has 0 aromatic heterocycles. The number of hydrogen-bond acceptors (Lipinski definition) is 3. The van der Waals surface area contributed by atoms with E-state index < -0.39 is 0 Å². The Morgan fingerprint density at radius 3 is 2.70 bits per heavy atom. The Bertz CT molecular complexity index is 588. The van der Waals surface area contributed by atoms with Gasteiger partial charge in [-0.05, 0) is 37.6 Å². The molecule has 1 aliphatic heterocycles. The third-order valence-corrected chi connectivity index (χ3v) is 3.20. The molecule has 4 heteroatoms. The van der Waals surface area contributed by atoms with Crippen LogP contribution in [-0.4, -0.2) is 29.8 Å². The number of hydrogen-bond donors (Lipinski definition) is 1. The van der Waals surface area contributed by atoms with Gasteiger partial charge in [0.05, 0.1) is 6.67 Å². The molecule has 104 valence electrons. The molecular formula is C16H18N2O2. The molecule has 0 radical (unpaired) electrons. The van der Waals surface area contributed by atoms with E-state index in [0.29, 0.717) is 17.8 Å². The number of aryl methyl sites for hydroxylation is 1. The lowest BCUT2D eigenvalue weighted by Crippen LogP contribution is -2.35. The average Bonchev–Trinajstić information content (AvgIpc) is 2.45. The van der Waals surface area contributed by atoms with Crippen molar-refractivity contribution in [1.29, 1.82) is 0 Å². The molecule has 1 aliphatic rings. The molecule has 0 fully saturated rings. The maximum Gasteiger partial charge on any atom is 0.252 e. The summed E-state index contributed by atoms with van der Waals surface area (Å²) in [4.78, 5) is 25.4. The zero-order valence-electron chi connectivity index (χ0n) is 11.7. The quantitative estimate of drug-likeness (QED) is 0.854. The predicted octanol–water partition coefficient (Wildman–Crippen LogP) is 2.27. The summed E-state index contributed by atoms with van der Waals surface area (Å²) in [6.45, 7) is 4.61. The Morgan fingerprint density at radius 1 is 1.30 bits per heavy atom. The third kappa shape index (κ3) is 3.35. The Kier molecular flexibility index (Phi) is 4.35. The van der Waals surface area contributed by atoms with Crippen LogP contribution in [0.25, 0.3) is 0 Å². The Labute approximate surface area is 118 Å². The van der Waals surface area contributed by atoms with E-state index in [-0.39, 0.29) is 11.7 Å². The van der Waals surface area contributed by atoms with Crippen LogP contribution in [-0.2, 0) is 0 Å². The number of allylic oxidation sites excluding steroid dienone is 2. The summed E-state index contributed by atoms with van der Waals surface area (Å²) in [6.07, 6.45) is 7.87. The van der Waals surface area contributed by atoms with Crippen LogP contribution < -0.4 is 5.32 Å². The van der Waals surface area contributed by atoms with Gasteiger partial charge in [-0.2, -0.15) is 0 Å². The van der Waals surface area contributed by atoms with E-state index in [9.17, 15) is 9.59 Å². The molecule has 1 aromatic carbocycles. The fraction of sp³-hybridized carbons (Fsp3) is 0.250. The van der Waals surface area contributed by atoms with E-state index in [4.69, 9.17) is 0 Å². The van der Waals surface area contributed by atoms with Crippen LogP contribution in [0.4, 0.5) is 0 Å². The van der Waals surface area contributed by atoms with Crippen molar-refractivity contribution in [2.75, 3.05) is 13.2 Å². The molecule has 1 heterocycles. The van der Waals surface area contributed by atoms with Crippen molar-refractivity contribution >= 4 is 11.7 Å². The lowest BCUT2D eigenvalue weighted by molar-refractivity contribution is 0.0934. The summed E-state index contributed by atoms with van der Waals surface area (Å²) in [6, 6.07) is 5.14. The number of nitrogens with zero attached hydrogens (tertiary/aromatic N) is 1. The van der Waals surface area contributed by atoms with Gasteiger partial charge in [-0.1, -0.05) is 18.2 Å². The van der Waals surface area contributed by atoms with Gasteiger partial charge in [-0.3, -0.25) is 9.59 Å². The van der Waals surface area contributed by atoms with Gasteiger partial charge in [-0.15, -0.1) is 0 Å². The van der Waals surface area contributed by atoms with Crippen molar-refractivity contribution in [3.8, 4) is 0 Å². The minimum absolute atomic E-state index is 0.00491. The molecule has 0 spiro atoms. The summed E-state index contributed by atoms with van der Waals surface area (Å²) < 4.78 is 0. The van der Waals surface area contributed by atoms with Gasteiger partial charge in [0.15, 0.2) is 5.78 Å². The number of Topliss-reactive ketones (excluding diaryl/α,β-unsaturated/α-hetero) is 1. The highest BCUT2D eigenvalue weighted by Gasteiger charge is 2.11. The second-order valence-corrected chi connectivity index (χ2v) is 4.79. The first-order valence-electron chi connectivity index (χ1n) is 6.55. The first kappa shape index (κ1) is 14.1. The maximum atomic E-state index is 12.1. The van der Waals surface area contributed by atoms with Crippen molar-refractivity contribution in [2.24, 2.45) is 0 Å².